The van der Waals surface area contributed by atoms with Gasteiger partial charge in [-0.25, -0.2) is 0 Å². The van der Waals surface area contributed by atoms with E-state index in [1.807, 2.05) is 0 Å². The smallest absolute Gasteiger partial charge is 0.307 e. The summed E-state index contributed by atoms with van der Waals surface area (Å²) in [7, 11) is 0. The highest BCUT2D eigenvalue weighted by atomic mass is 16.4. The fourth-order valence-corrected chi connectivity index (χ4v) is 4.26. The SMILES string of the molecule is CCCCCCCCCCCCCCCCCCC(C(=O)O)C(C)(C)CC(=O)O. The lowest BCUT2D eigenvalue weighted by molar-refractivity contribution is -0.149. The summed E-state index contributed by atoms with van der Waals surface area (Å²) >= 11 is 0. The molecule has 0 aliphatic heterocycles. The Morgan fingerprint density at radius 1 is 0.655 bits per heavy atom. The van der Waals surface area contributed by atoms with Crippen LogP contribution in [0.2, 0.25) is 0 Å². The van der Waals surface area contributed by atoms with Gasteiger partial charge >= 0.3 is 11.9 Å². The lowest BCUT2D eigenvalue weighted by Gasteiger charge is -2.30. The van der Waals surface area contributed by atoms with Crippen molar-refractivity contribution in [3.05, 3.63) is 0 Å². The molecular weight excluding hydrogens is 364 g/mol. The number of carboxylic acids is 2. The van der Waals surface area contributed by atoms with Crippen molar-refractivity contribution in [2.75, 3.05) is 0 Å². The fourth-order valence-electron chi connectivity index (χ4n) is 4.26. The van der Waals surface area contributed by atoms with Crippen molar-refractivity contribution in [2.24, 2.45) is 11.3 Å². The van der Waals surface area contributed by atoms with Gasteiger partial charge in [0, 0.05) is 0 Å². The van der Waals surface area contributed by atoms with Gasteiger partial charge in [0.1, 0.15) is 0 Å². The van der Waals surface area contributed by atoms with Gasteiger partial charge in [0.2, 0.25) is 0 Å². The molecule has 2 N–H and O–H groups in total. The summed E-state index contributed by atoms with van der Waals surface area (Å²) in [4.78, 5) is 22.5. The van der Waals surface area contributed by atoms with E-state index in [2.05, 4.69) is 6.92 Å². The van der Waals surface area contributed by atoms with E-state index in [9.17, 15) is 14.7 Å². The van der Waals surface area contributed by atoms with Crippen LogP contribution < -0.4 is 0 Å². The first-order valence-corrected chi connectivity index (χ1v) is 12.3. The summed E-state index contributed by atoms with van der Waals surface area (Å²) in [5, 5.41) is 18.5. The van der Waals surface area contributed by atoms with Crippen molar-refractivity contribution in [2.45, 2.75) is 136 Å². The summed E-state index contributed by atoms with van der Waals surface area (Å²) in [6, 6.07) is 0. The zero-order valence-corrected chi connectivity index (χ0v) is 19.5. The van der Waals surface area contributed by atoms with Gasteiger partial charge in [0.05, 0.1) is 12.3 Å². The maximum Gasteiger partial charge on any atom is 0.307 e. The van der Waals surface area contributed by atoms with E-state index in [-0.39, 0.29) is 6.42 Å². The number of carboxylic acid groups (broad SMARTS) is 2. The van der Waals surface area contributed by atoms with Crippen LogP contribution in [0, 0.1) is 11.3 Å². The first kappa shape index (κ1) is 27.9. The van der Waals surface area contributed by atoms with Gasteiger partial charge in [-0.15, -0.1) is 0 Å². The van der Waals surface area contributed by atoms with E-state index < -0.39 is 23.3 Å². The molecular formula is C25H48O4. The van der Waals surface area contributed by atoms with E-state index in [1.165, 1.54) is 83.5 Å². The molecule has 0 bridgehead atoms. The zero-order valence-electron chi connectivity index (χ0n) is 19.5. The normalized spacial score (nSPS) is 12.8. The number of unbranched alkanes of at least 4 members (excludes halogenated alkanes) is 15. The second kappa shape index (κ2) is 17.8. The van der Waals surface area contributed by atoms with Crippen molar-refractivity contribution in [3.8, 4) is 0 Å². The van der Waals surface area contributed by atoms with Gasteiger partial charge in [-0.05, 0) is 11.8 Å². The molecule has 0 amide bonds. The monoisotopic (exact) mass is 412 g/mol. The molecule has 0 heterocycles. The van der Waals surface area contributed by atoms with Gasteiger partial charge in [-0.1, -0.05) is 124 Å². The van der Waals surface area contributed by atoms with E-state index in [0.717, 1.165) is 19.3 Å². The minimum absolute atomic E-state index is 0.0944. The lowest BCUT2D eigenvalue weighted by Crippen LogP contribution is -2.33. The van der Waals surface area contributed by atoms with Crippen molar-refractivity contribution in [1.82, 2.24) is 0 Å². The molecule has 0 aliphatic carbocycles. The van der Waals surface area contributed by atoms with Crippen LogP contribution >= 0.6 is 0 Å². The molecule has 0 spiro atoms. The minimum atomic E-state index is -0.923. The quantitative estimate of drug-likeness (QED) is 0.188. The maximum absolute atomic E-state index is 11.5. The third-order valence-electron chi connectivity index (χ3n) is 6.19. The highest BCUT2D eigenvalue weighted by molar-refractivity contribution is 5.73. The lowest BCUT2D eigenvalue weighted by atomic mass is 9.74. The van der Waals surface area contributed by atoms with Crippen LogP contribution in [0.1, 0.15) is 136 Å². The molecule has 1 unspecified atom stereocenters. The first-order chi connectivity index (χ1) is 13.8. The molecule has 0 saturated carbocycles. The summed E-state index contributed by atoms with van der Waals surface area (Å²) in [6.45, 7) is 5.78. The average Bonchev–Trinajstić information content (AvgIpc) is 2.62. The van der Waals surface area contributed by atoms with Gasteiger partial charge < -0.3 is 10.2 Å². The molecule has 29 heavy (non-hydrogen) atoms. The Morgan fingerprint density at radius 3 is 1.31 bits per heavy atom. The van der Waals surface area contributed by atoms with E-state index >= 15 is 0 Å². The fraction of sp³-hybridized carbons (Fsp3) is 0.920. The van der Waals surface area contributed by atoms with Crippen LogP contribution in [0.4, 0.5) is 0 Å². The largest absolute Gasteiger partial charge is 0.481 e. The molecule has 0 aromatic carbocycles. The van der Waals surface area contributed by atoms with Gasteiger partial charge in [0.25, 0.3) is 0 Å². The second-order valence-electron chi connectivity index (χ2n) is 9.54. The molecule has 0 fully saturated rings. The predicted molar refractivity (Wildman–Crippen MR) is 121 cm³/mol. The maximum atomic E-state index is 11.5. The van der Waals surface area contributed by atoms with Crippen molar-refractivity contribution in [3.63, 3.8) is 0 Å². The Hall–Kier alpha value is -1.06. The third kappa shape index (κ3) is 16.4. The molecule has 0 radical (unpaired) electrons. The van der Waals surface area contributed by atoms with E-state index in [4.69, 9.17) is 5.11 Å². The summed E-state index contributed by atoms with van der Waals surface area (Å²) in [5.74, 6) is -2.37. The van der Waals surface area contributed by atoms with Crippen molar-refractivity contribution >= 4 is 11.9 Å². The van der Waals surface area contributed by atoms with Crippen LogP contribution in [0.25, 0.3) is 0 Å². The highest BCUT2D eigenvalue weighted by Crippen LogP contribution is 2.34. The summed E-state index contributed by atoms with van der Waals surface area (Å²) in [6.07, 6.45) is 21.3. The van der Waals surface area contributed by atoms with Gasteiger partial charge in [0.15, 0.2) is 0 Å². The number of hydrogen-bond donors (Lipinski definition) is 2. The topological polar surface area (TPSA) is 74.6 Å². The number of carbonyl (C=O) groups is 2. The van der Waals surface area contributed by atoms with E-state index in [0.29, 0.717) is 6.42 Å². The molecule has 4 nitrogen and oxygen atoms in total. The average molecular weight is 413 g/mol. The molecule has 0 aromatic heterocycles. The molecule has 0 saturated heterocycles. The number of rotatable bonds is 21. The third-order valence-corrected chi connectivity index (χ3v) is 6.19. The van der Waals surface area contributed by atoms with Crippen LogP contribution in [0.15, 0.2) is 0 Å². The van der Waals surface area contributed by atoms with E-state index in [1.54, 1.807) is 13.8 Å². The molecule has 0 aromatic rings. The molecule has 4 heteroatoms. The Bertz CT molecular complexity index is 417. The second-order valence-corrected chi connectivity index (χ2v) is 9.54. The Labute approximate surface area is 179 Å². The highest BCUT2D eigenvalue weighted by Gasteiger charge is 2.36. The Kier molecular flexibility index (Phi) is 17.1. The predicted octanol–water partition coefficient (Wildman–Crippen LogP) is 7.84. The molecule has 172 valence electrons. The van der Waals surface area contributed by atoms with Gasteiger partial charge in [-0.2, -0.15) is 0 Å². The molecule has 1 atom stereocenters. The molecule has 0 rings (SSSR count). The van der Waals surface area contributed by atoms with Gasteiger partial charge in [-0.3, -0.25) is 9.59 Å². The standard InChI is InChI=1S/C25H48O4/c1-4-5-6-7-8-9-10-11-12-13-14-15-16-17-18-19-20-22(24(28)29)25(2,3)21-23(26)27/h22H,4-21H2,1-3H3,(H,26,27)(H,28,29). The summed E-state index contributed by atoms with van der Waals surface area (Å²) in [5.41, 5.74) is -0.701. The van der Waals surface area contributed by atoms with Crippen molar-refractivity contribution in [1.29, 1.82) is 0 Å². The number of hydrogen-bond acceptors (Lipinski definition) is 2. The zero-order chi connectivity index (χ0) is 22.0. The van der Waals surface area contributed by atoms with Crippen LogP contribution in [-0.4, -0.2) is 22.2 Å². The first-order valence-electron chi connectivity index (χ1n) is 12.3. The number of aliphatic carboxylic acids is 2. The van der Waals surface area contributed by atoms with Crippen LogP contribution in [0.3, 0.4) is 0 Å². The Balaban J connectivity index is 3.56. The summed E-state index contributed by atoms with van der Waals surface area (Å²) < 4.78 is 0. The van der Waals surface area contributed by atoms with Crippen LogP contribution in [-0.2, 0) is 9.59 Å². The van der Waals surface area contributed by atoms with Crippen LogP contribution in [0.5, 0.6) is 0 Å². The minimum Gasteiger partial charge on any atom is -0.481 e. The molecule has 0 aliphatic rings. The Morgan fingerprint density at radius 2 is 1.00 bits per heavy atom. The van der Waals surface area contributed by atoms with Crippen molar-refractivity contribution < 1.29 is 19.8 Å².